The minimum absolute atomic E-state index is 0.111. The van der Waals surface area contributed by atoms with Crippen LogP contribution in [0, 0.1) is 0 Å². The fourth-order valence-corrected chi connectivity index (χ4v) is 4.18. The summed E-state index contributed by atoms with van der Waals surface area (Å²) in [5.41, 5.74) is 5.81. The standard InChI is InChI=1S/C18H26Cl2N4O2Si/c1-18(2,3)27(4,5)26-9-8-23-11-15(21-22-23)24-7-6-12-14(25)10-13(19)16(20)17(12)24/h6-7,10-11,21-22,25H,8-9H2,1-5H3/q-1/p+1. The van der Waals surface area contributed by atoms with Crippen molar-refractivity contribution in [2.24, 2.45) is 0 Å². The zero-order valence-electron chi connectivity index (χ0n) is 16.3. The van der Waals surface area contributed by atoms with E-state index in [-0.39, 0.29) is 10.8 Å². The maximum absolute atomic E-state index is 10.1. The van der Waals surface area contributed by atoms with Gasteiger partial charge in [-0.1, -0.05) is 44.0 Å². The van der Waals surface area contributed by atoms with Crippen LogP contribution in [0.2, 0.25) is 28.2 Å². The lowest BCUT2D eigenvalue weighted by atomic mass is 10.2. The Morgan fingerprint density at radius 1 is 1.30 bits per heavy atom. The van der Waals surface area contributed by atoms with E-state index in [0.717, 1.165) is 12.4 Å². The molecular formula is C18H27Cl2N4O2Si. The van der Waals surface area contributed by atoms with E-state index in [1.54, 1.807) is 0 Å². The van der Waals surface area contributed by atoms with E-state index < -0.39 is 8.32 Å². The first kappa shape index (κ1) is 20.4. The Bertz CT molecular complexity index is 890. The molecule has 2 aromatic rings. The second-order valence-corrected chi connectivity index (χ2v) is 13.9. The van der Waals surface area contributed by atoms with E-state index in [2.05, 4.69) is 39.3 Å². The highest BCUT2D eigenvalue weighted by atomic mass is 35.5. The van der Waals surface area contributed by atoms with Crippen molar-refractivity contribution in [2.45, 2.75) is 38.9 Å². The van der Waals surface area contributed by atoms with Crippen LogP contribution in [-0.2, 0) is 4.43 Å². The fraction of sp³-hybridized carbons (Fsp3) is 0.444. The highest BCUT2D eigenvalue weighted by molar-refractivity contribution is 6.74. The van der Waals surface area contributed by atoms with Gasteiger partial charge in [0.15, 0.2) is 5.82 Å². The van der Waals surface area contributed by atoms with E-state index >= 15 is 0 Å². The van der Waals surface area contributed by atoms with Crippen molar-refractivity contribution in [1.29, 1.82) is 0 Å². The molecule has 3 rings (SSSR count). The number of nitrogens with two attached hydrogens (primary N) is 1. The predicted molar refractivity (Wildman–Crippen MR) is 113 cm³/mol. The molecule has 27 heavy (non-hydrogen) atoms. The Hall–Kier alpha value is -1.38. The molecule has 0 unspecified atom stereocenters. The molecule has 0 aliphatic carbocycles. The number of hydrogen-bond donors (Lipinski definition) is 3. The Labute approximate surface area is 170 Å². The van der Waals surface area contributed by atoms with Crippen molar-refractivity contribution >= 4 is 48.2 Å². The largest absolute Gasteiger partial charge is 0.563 e. The van der Waals surface area contributed by atoms with E-state index in [4.69, 9.17) is 27.6 Å². The molecule has 0 radical (unpaired) electrons. The van der Waals surface area contributed by atoms with Crippen molar-refractivity contribution in [3.05, 3.63) is 34.6 Å². The molecule has 6 nitrogen and oxygen atoms in total. The second-order valence-electron chi connectivity index (χ2n) is 8.27. The number of halogens is 2. The van der Waals surface area contributed by atoms with Gasteiger partial charge in [0.25, 0.3) is 0 Å². The third-order valence-electron chi connectivity index (χ3n) is 5.39. The summed E-state index contributed by atoms with van der Waals surface area (Å²) >= 11 is 12.5. The molecule has 4 N–H and O–H groups in total. The molecule has 0 saturated heterocycles. The van der Waals surface area contributed by atoms with Crippen LogP contribution in [0.5, 0.6) is 5.75 Å². The van der Waals surface area contributed by atoms with Crippen LogP contribution in [-0.4, -0.2) is 36.2 Å². The van der Waals surface area contributed by atoms with Crippen molar-refractivity contribution in [1.82, 2.24) is 15.0 Å². The molecule has 1 aromatic heterocycles. The number of hydrogen-bond acceptors (Lipinski definition) is 4. The Morgan fingerprint density at radius 3 is 2.67 bits per heavy atom. The summed E-state index contributed by atoms with van der Waals surface area (Å²) in [5, 5.41) is 13.8. The van der Waals surface area contributed by atoms with Crippen LogP contribution in [0.25, 0.3) is 16.7 Å². The van der Waals surface area contributed by atoms with Gasteiger partial charge in [0.05, 0.1) is 22.1 Å². The lowest BCUT2D eigenvalue weighted by Gasteiger charge is -2.48. The minimum atomic E-state index is -1.75. The summed E-state index contributed by atoms with van der Waals surface area (Å²) in [6.45, 7) is 12.6. The smallest absolute Gasteiger partial charge is 0.183 e. The van der Waals surface area contributed by atoms with Gasteiger partial charge in [-0.3, -0.25) is 4.57 Å². The molecule has 0 bridgehead atoms. The SMILES string of the molecule is CC(C)(C)[Si-](C)(C)OCCN1C=C(n2ccc3c(O)cc(Cl)c(Cl)c32)N[NH2+]1. The third-order valence-corrected chi connectivity index (χ3v) is 10.7. The summed E-state index contributed by atoms with van der Waals surface area (Å²) in [6.07, 6.45) is 3.84. The van der Waals surface area contributed by atoms with Gasteiger partial charge < -0.3 is 9.53 Å². The number of fused-ring (bicyclic) bond motifs is 1. The number of nitrogens with one attached hydrogen (secondary N) is 1. The number of aromatic hydroxyl groups is 1. The monoisotopic (exact) mass is 429 g/mol. The summed E-state index contributed by atoms with van der Waals surface area (Å²) in [7, 11) is -1.75. The third kappa shape index (κ3) is 3.93. The molecule has 1 aliphatic rings. The molecule has 0 fully saturated rings. The molecule has 0 spiro atoms. The molecule has 2 heterocycles. The summed E-state index contributed by atoms with van der Waals surface area (Å²) in [5.74, 6) is 0.946. The summed E-state index contributed by atoms with van der Waals surface area (Å²) < 4.78 is 8.13. The molecule has 149 valence electrons. The first-order valence-electron chi connectivity index (χ1n) is 8.91. The van der Waals surface area contributed by atoms with E-state index in [0.29, 0.717) is 27.6 Å². The average molecular weight is 430 g/mol. The number of aromatic nitrogens is 1. The quantitative estimate of drug-likeness (QED) is 0.500. The van der Waals surface area contributed by atoms with Gasteiger partial charge in [0.1, 0.15) is 11.9 Å². The van der Waals surface area contributed by atoms with Gasteiger partial charge in [-0.05, 0) is 14.4 Å². The molecule has 0 atom stereocenters. The highest BCUT2D eigenvalue weighted by Gasteiger charge is 2.25. The molecule has 0 saturated carbocycles. The first-order chi connectivity index (χ1) is 12.5. The average Bonchev–Trinajstić information content (AvgIpc) is 3.18. The number of rotatable bonds is 5. The number of quaternary nitrogens is 1. The molecule has 1 aromatic carbocycles. The zero-order valence-corrected chi connectivity index (χ0v) is 18.8. The van der Waals surface area contributed by atoms with E-state index in [9.17, 15) is 5.11 Å². The zero-order chi connectivity index (χ0) is 20.0. The molecule has 9 heteroatoms. The van der Waals surface area contributed by atoms with Crippen LogP contribution < -0.4 is 11.0 Å². The van der Waals surface area contributed by atoms with Gasteiger partial charge in [-0.15, -0.1) is 23.7 Å². The van der Waals surface area contributed by atoms with Crippen LogP contribution >= 0.6 is 23.2 Å². The van der Waals surface area contributed by atoms with E-state index in [1.807, 2.05) is 33.6 Å². The number of nitrogens with zero attached hydrogens (tertiary/aromatic N) is 2. The topological polar surface area (TPSA) is 66.3 Å². The first-order valence-corrected chi connectivity index (χ1v) is 12.6. The maximum Gasteiger partial charge on any atom is 0.183 e. The number of phenolic OH excluding ortho intramolecular Hbond substituents is 1. The lowest BCUT2D eigenvalue weighted by Crippen LogP contribution is -2.97. The van der Waals surface area contributed by atoms with Crippen LogP contribution in [0.4, 0.5) is 0 Å². The Morgan fingerprint density at radius 2 is 2.00 bits per heavy atom. The molecule has 0 amide bonds. The summed E-state index contributed by atoms with van der Waals surface area (Å²) in [6, 6.07) is 3.28. The van der Waals surface area contributed by atoms with Gasteiger partial charge in [-0.2, -0.15) is 5.43 Å². The van der Waals surface area contributed by atoms with Gasteiger partial charge in [0, 0.05) is 24.3 Å². The summed E-state index contributed by atoms with van der Waals surface area (Å²) in [4.78, 5) is 0. The lowest BCUT2D eigenvalue weighted by molar-refractivity contribution is -0.820. The van der Waals surface area contributed by atoms with Crippen molar-refractivity contribution in [2.75, 3.05) is 13.2 Å². The molecular weight excluding hydrogens is 403 g/mol. The van der Waals surface area contributed by atoms with Crippen LogP contribution in [0.15, 0.2) is 24.5 Å². The van der Waals surface area contributed by atoms with Gasteiger partial charge in [0.2, 0.25) is 0 Å². The maximum atomic E-state index is 10.1. The molecule has 1 aliphatic heterocycles. The van der Waals surface area contributed by atoms with Gasteiger partial charge in [-0.25, -0.2) is 5.01 Å². The van der Waals surface area contributed by atoms with E-state index in [1.165, 1.54) is 6.07 Å². The predicted octanol–water partition coefficient (Wildman–Crippen LogP) is 3.73. The Kier molecular flexibility index (Phi) is 5.44. The number of phenols is 1. The normalized spacial score (nSPS) is 15.4. The van der Waals surface area contributed by atoms with Crippen molar-refractivity contribution < 1.29 is 15.1 Å². The van der Waals surface area contributed by atoms with Gasteiger partial charge >= 0.3 is 0 Å². The second kappa shape index (κ2) is 7.22. The number of benzene rings is 1. The van der Waals surface area contributed by atoms with Crippen LogP contribution in [0.3, 0.4) is 0 Å². The fourth-order valence-electron chi connectivity index (χ4n) is 2.70. The minimum Gasteiger partial charge on any atom is -0.563 e. The van der Waals surface area contributed by atoms with Crippen molar-refractivity contribution in [3.8, 4) is 5.75 Å². The highest BCUT2D eigenvalue weighted by Crippen LogP contribution is 2.38. The van der Waals surface area contributed by atoms with Crippen molar-refractivity contribution in [3.63, 3.8) is 0 Å². The van der Waals surface area contributed by atoms with Crippen LogP contribution in [0.1, 0.15) is 20.8 Å². The Balaban J connectivity index is 1.74.